The maximum atomic E-state index is 11.4. The molecule has 2 aromatic carbocycles. The van der Waals surface area contributed by atoms with Gasteiger partial charge in [0.2, 0.25) is 0 Å². The Labute approximate surface area is 115 Å². The summed E-state index contributed by atoms with van der Waals surface area (Å²) >= 11 is 7.40. The monoisotopic (exact) mass is 277 g/mol. The molecule has 92 valence electrons. The zero-order valence-corrected chi connectivity index (χ0v) is 11.4. The molecule has 0 aliphatic heterocycles. The highest BCUT2D eigenvalue weighted by Gasteiger charge is 2.06. The molecule has 0 amide bonds. The number of rotatable bonds is 3. The van der Waals surface area contributed by atoms with E-state index in [2.05, 4.69) is 0 Å². The van der Waals surface area contributed by atoms with Crippen LogP contribution in [-0.2, 0) is 0 Å². The highest BCUT2D eigenvalue weighted by atomic mass is 35.5. The number of nitrogen functional groups attached to an aromatic ring is 1. The van der Waals surface area contributed by atoms with Crippen LogP contribution in [0.2, 0.25) is 5.02 Å². The van der Waals surface area contributed by atoms with Gasteiger partial charge in [0, 0.05) is 26.1 Å². The number of hydrogen-bond acceptors (Lipinski definition) is 3. The fourth-order valence-electron chi connectivity index (χ4n) is 1.54. The summed E-state index contributed by atoms with van der Waals surface area (Å²) in [5.74, 6) is -0.0222. The molecular formula is C14H12ClNOS. The Morgan fingerprint density at radius 3 is 2.33 bits per heavy atom. The fraction of sp³-hybridized carbons (Fsp3) is 0.0714. The SMILES string of the molecule is CC(=O)c1cc(Sc2ccc(Cl)cc2)ccc1N. The molecule has 0 aliphatic carbocycles. The van der Waals surface area contributed by atoms with Gasteiger partial charge in [0.15, 0.2) is 5.78 Å². The first kappa shape index (κ1) is 13.0. The van der Waals surface area contributed by atoms with Crippen molar-refractivity contribution >= 4 is 34.8 Å². The Balaban J connectivity index is 2.27. The van der Waals surface area contributed by atoms with Gasteiger partial charge in [0.25, 0.3) is 0 Å². The molecule has 0 bridgehead atoms. The van der Waals surface area contributed by atoms with Crippen LogP contribution in [0.25, 0.3) is 0 Å². The topological polar surface area (TPSA) is 43.1 Å². The number of nitrogens with two attached hydrogens (primary N) is 1. The molecule has 0 heterocycles. The maximum Gasteiger partial charge on any atom is 0.161 e. The summed E-state index contributed by atoms with van der Waals surface area (Å²) in [4.78, 5) is 13.5. The van der Waals surface area contributed by atoms with E-state index in [-0.39, 0.29) is 5.78 Å². The molecule has 0 unspecified atom stereocenters. The van der Waals surface area contributed by atoms with E-state index >= 15 is 0 Å². The molecule has 0 radical (unpaired) electrons. The van der Waals surface area contributed by atoms with Gasteiger partial charge in [-0.25, -0.2) is 0 Å². The summed E-state index contributed by atoms with van der Waals surface area (Å²) in [6.45, 7) is 1.52. The van der Waals surface area contributed by atoms with E-state index in [4.69, 9.17) is 17.3 Å². The lowest BCUT2D eigenvalue weighted by atomic mass is 10.1. The normalized spacial score (nSPS) is 10.3. The smallest absolute Gasteiger partial charge is 0.161 e. The second kappa shape index (κ2) is 5.46. The number of carbonyl (C=O) groups is 1. The van der Waals surface area contributed by atoms with Crippen LogP contribution in [-0.4, -0.2) is 5.78 Å². The molecular weight excluding hydrogens is 266 g/mol. The van der Waals surface area contributed by atoms with Gasteiger partial charge >= 0.3 is 0 Å². The molecule has 2 N–H and O–H groups in total. The molecule has 0 aromatic heterocycles. The number of hydrogen-bond donors (Lipinski definition) is 1. The summed E-state index contributed by atoms with van der Waals surface area (Å²) in [5, 5.41) is 0.709. The number of anilines is 1. The minimum Gasteiger partial charge on any atom is -0.398 e. The van der Waals surface area contributed by atoms with Gasteiger partial charge in [-0.2, -0.15) is 0 Å². The summed E-state index contributed by atoms with van der Waals surface area (Å²) in [6, 6.07) is 13.0. The molecule has 0 atom stereocenters. The van der Waals surface area contributed by atoms with E-state index in [1.807, 2.05) is 36.4 Å². The Bertz CT molecular complexity index is 581. The number of Topliss-reactive ketones (excluding diaryl/α,β-unsaturated/α-hetero) is 1. The molecule has 2 rings (SSSR count). The largest absolute Gasteiger partial charge is 0.398 e. The second-order valence-electron chi connectivity index (χ2n) is 3.86. The minimum absolute atomic E-state index is 0.0222. The van der Waals surface area contributed by atoms with Crippen molar-refractivity contribution in [2.45, 2.75) is 16.7 Å². The van der Waals surface area contributed by atoms with Gasteiger partial charge in [-0.15, -0.1) is 0 Å². The van der Waals surface area contributed by atoms with E-state index < -0.39 is 0 Å². The van der Waals surface area contributed by atoms with Crippen LogP contribution in [0.5, 0.6) is 0 Å². The van der Waals surface area contributed by atoms with Gasteiger partial charge < -0.3 is 5.73 Å². The number of ketones is 1. The first-order valence-corrected chi connectivity index (χ1v) is 6.59. The average Bonchev–Trinajstić information content (AvgIpc) is 2.34. The Kier molecular flexibility index (Phi) is 3.94. The van der Waals surface area contributed by atoms with Crippen LogP contribution in [0.4, 0.5) is 5.69 Å². The first-order chi connectivity index (χ1) is 8.56. The molecule has 4 heteroatoms. The molecule has 0 spiro atoms. The standard InChI is InChI=1S/C14H12ClNOS/c1-9(17)13-8-12(6-7-14(13)16)18-11-4-2-10(15)3-5-11/h2-8H,16H2,1H3. The Morgan fingerprint density at radius 2 is 1.72 bits per heavy atom. The highest BCUT2D eigenvalue weighted by Crippen LogP contribution is 2.30. The molecule has 0 aliphatic rings. The zero-order valence-electron chi connectivity index (χ0n) is 9.81. The van der Waals surface area contributed by atoms with Crippen LogP contribution in [0.15, 0.2) is 52.3 Å². The lowest BCUT2D eigenvalue weighted by molar-refractivity contribution is 0.101. The maximum absolute atomic E-state index is 11.4. The zero-order chi connectivity index (χ0) is 13.1. The lowest BCUT2D eigenvalue weighted by Gasteiger charge is -2.06. The van der Waals surface area contributed by atoms with E-state index in [0.717, 1.165) is 9.79 Å². The molecule has 2 aromatic rings. The van der Waals surface area contributed by atoms with E-state index in [9.17, 15) is 4.79 Å². The molecule has 18 heavy (non-hydrogen) atoms. The third-order valence-electron chi connectivity index (χ3n) is 2.45. The Hall–Kier alpha value is -1.45. The van der Waals surface area contributed by atoms with Crippen LogP contribution in [0.1, 0.15) is 17.3 Å². The van der Waals surface area contributed by atoms with Crippen molar-refractivity contribution in [2.75, 3.05) is 5.73 Å². The predicted molar refractivity (Wildman–Crippen MR) is 76.4 cm³/mol. The average molecular weight is 278 g/mol. The molecule has 0 saturated carbocycles. The van der Waals surface area contributed by atoms with Gasteiger partial charge in [-0.1, -0.05) is 23.4 Å². The van der Waals surface area contributed by atoms with Crippen molar-refractivity contribution in [3.63, 3.8) is 0 Å². The van der Waals surface area contributed by atoms with Crippen LogP contribution in [0, 0.1) is 0 Å². The summed E-state index contributed by atoms with van der Waals surface area (Å²) in [7, 11) is 0. The fourth-order valence-corrected chi connectivity index (χ4v) is 2.53. The van der Waals surface area contributed by atoms with Crippen molar-refractivity contribution in [2.24, 2.45) is 0 Å². The molecule has 0 fully saturated rings. The van der Waals surface area contributed by atoms with Crippen molar-refractivity contribution < 1.29 is 4.79 Å². The lowest BCUT2D eigenvalue weighted by Crippen LogP contribution is -1.99. The summed E-state index contributed by atoms with van der Waals surface area (Å²) < 4.78 is 0. The third-order valence-corrected chi connectivity index (χ3v) is 3.70. The predicted octanol–water partition coefficient (Wildman–Crippen LogP) is 4.28. The van der Waals surface area contributed by atoms with Crippen molar-refractivity contribution in [3.8, 4) is 0 Å². The van der Waals surface area contributed by atoms with Gasteiger partial charge in [0.1, 0.15) is 0 Å². The van der Waals surface area contributed by atoms with Gasteiger partial charge in [-0.05, 0) is 49.4 Å². The van der Waals surface area contributed by atoms with E-state index in [0.29, 0.717) is 16.3 Å². The van der Waals surface area contributed by atoms with Crippen LogP contribution >= 0.6 is 23.4 Å². The van der Waals surface area contributed by atoms with Crippen molar-refractivity contribution in [3.05, 3.63) is 53.1 Å². The second-order valence-corrected chi connectivity index (χ2v) is 5.44. The quantitative estimate of drug-likeness (QED) is 0.673. The summed E-state index contributed by atoms with van der Waals surface area (Å²) in [6.07, 6.45) is 0. The van der Waals surface area contributed by atoms with Gasteiger partial charge in [0.05, 0.1) is 0 Å². The van der Waals surface area contributed by atoms with E-state index in [1.54, 1.807) is 17.8 Å². The number of carbonyl (C=O) groups excluding carboxylic acids is 1. The van der Waals surface area contributed by atoms with Crippen LogP contribution < -0.4 is 5.73 Å². The number of benzene rings is 2. The molecule has 0 saturated heterocycles. The van der Waals surface area contributed by atoms with E-state index in [1.165, 1.54) is 6.92 Å². The minimum atomic E-state index is -0.0222. The summed E-state index contributed by atoms with van der Waals surface area (Å²) in [5.41, 5.74) is 6.84. The van der Waals surface area contributed by atoms with Crippen molar-refractivity contribution in [1.82, 2.24) is 0 Å². The first-order valence-electron chi connectivity index (χ1n) is 5.40. The Morgan fingerprint density at radius 1 is 1.11 bits per heavy atom. The highest BCUT2D eigenvalue weighted by molar-refractivity contribution is 7.99. The van der Waals surface area contributed by atoms with Crippen molar-refractivity contribution in [1.29, 1.82) is 0 Å². The molecule has 2 nitrogen and oxygen atoms in total. The number of halogens is 1. The third kappa shape index (κ3) is 3.06. The van der Waals surface area contributed by atoms with Gasteiger partial charge in [-0.3, -0.25) is 4.79 Å². The van der Waals surface area contributed by atoms with Crippen LogP contribution in [0.3, 0.4) is 0 Å².